The molecule has 0 saturated carbocycles. The molecule has 4 N–H and O–H groups in total. The van der Waals surface area contributed by atoms with Crippen molar-refractivity contribution in [2.75, 3.05) is 0 Å². The van der Waals surface area contributed by atoms with Crippen LogP contribution in [-0.4, -0.2) is 43.6 Å². The van der Waals surface area contributed by atoms with Gasteiger partial charge >= 0.3 is 18.9 Å². The first-order chi connectivity index (χ1) is 12.5. The predicted octanol–water partition coefficient (Wildman–Crippen LogP) is 1.15. The van der Waals surface area contributed by atoms with Gasteiger partial charge in [-0.1, -0.05) is 0 Å². The molecule has 0 heterocycles. The third-order valence-corrected chi connectivity index (χ3v) is 1.65. The second-order valence-corrected chi connectivity index (χ2v) is 5.59. The summed E-state index contributed by atoms with van der Waals surface area (Å²) < 4.78 is 0. The standard InChI is InChI=1S/4C5H8O2.Li.Yb/c4*1-4(6)3-5(2)7;;/h4*3,6H,1-2H3;;/q;;;;+1;/b4*4-3-;;. The molecule has 0 unspecified atom stereocenters. The molecule has 0 radical (unpaired) electrons. The van der Waals surface area contributed by atoms with Crippen LogP contribution in [0.1, 0.15) is 55.4 Å². The van der Waals surface area contributed by atoms with E-state index in [1.54, 1.807) is 0 Å². The monoisotopic (exact) mass is 581 g/mol. The summed E-state index contributed by atoms with van der Waals surface area (Å²) in [6.07, 6.45) is 4.67. The Morgan fingerprint density at radius 3 is 0.533 bits per heavy atom. The molecule has 0 aromatic heterocycles. The van der Waals surface area contributed by atoms with Gasteiger partial charge in [0, 0.05) is 71.2 Å². The van der Waals surface area contributed by atoms with Crippen molar-refractivity contribution in [2.45, 2.75) is 55.4 Å². The molecule has 0 rings (SSSR count). The SMILES string of the molecule is CC(=O)/C=C(/C)O.CC(=O)/C=C(/C)O.CC(=O)/C=C(/C)O.CC(=O)/C=C(/C)O.[Li+].[Yb]. The maximum absolute atomic E-state index is 10.0. The largest absolute Gasteiger partial charge is 1.00 e. The van der Waals surface area contributed by atoms with Crippen LogP contribution in [-0.2, 0) is 19.2 Å². The Kier molecular flexibility index (Phi) is 40.0. The molecule has 10 heteroatoms. The van der Waals surface area contributed by atoms with E-state index in [4.69, 9.17) is 20.4 Å². The number of aliphatic hydroxyl groups is 4. The topological polar surface area (TPSA) is 149 Å². The molecule has 0 aromatic rings. The maximum Gasteiger partial charge on any atom is 1.00 e. The number of rotatable bonds is 4. The van der Waals surface area contributed by atoms with Gasteiger partial charge in [0.2, 0.25) is 0 Å². The second-order valence-electron chi connectivity index (χ2n) is 5.59. The molecule has 0 bridgehead atoms. The van der Waals surface area contributed by atoms with Crippen LogP contribution in [0.5, 0.6) is 0 Å². The summed E-state index contributed by atoms with van der Waals surface area (Å²) >= 11 is 0. The minimum Gasteiger partial charge on any atom is -0.512 e. The van der Waals surface area contributed by atoms with Crippen LogP contribution in [0, 0.1) is 46.9 Å². The van der Waals surface area contributed by atoms with E-state index in [1.807, 2.05) is 0 Å². The van der Waals surface area contributed by atoms with Gasteiger partial charge in [0.15, 0.2) is 23.1 Å². The Labute approximate surface area is 229 Å². The average Bonchev–Trinajstić information content (AvgIpc) is 2.32. The number of aliphatic hydroxyl groups excluding tert-OH is 4. The van der Waals surface area contributed by atoms with Gasteiger partial charge in [0.05, 0.1) is 23.0 Å². The van der Waals surface area contributed by atoms with E-state index in [0.29, 0.717) is 0 Å². The second kappa shape index (κ2) is 28.0. The van der Waals surface area contributed by atoms with Crippen molar-refractivity contribution in [1.82, 2.24) is 0 Å². The third kappa shape index (κ3) is 81.2. The van der Waals surface area contributed by atoms with E-state index in [2.05, 4.69) is 0 Å². The van der Waals surface area contributed by atoms with Crippen LogP contribution in [0.15, 0.2) is 47.3 Å². The molecular formula is C20H32LiO8Yb+. The molecule has 0 saturated heterocycles. The first-order valence-electron chi connectivity index (χ1n) is 8.02. The molecule has 0 aromatic carbocycles. The zero-order valence-electron chi connectivity index (χ0n) is 19.0. The number of hydrogen-bond donors (Lipinski definition) is 4. The van der Waals surface area contributed by atoms with Crippen molar-refractivity contribution in [3.8, 4) is 0 Å². The van der Waals surface area contributed by atoms with Gasteiger partial charge in [0.25, 0.3) is 0 Å². The molecule has 8 nitrogen and oxygen atoms in total. The fourth-order valence-electron chi connectivity index (χ4n) is 1.18. The van der Waals surface area contributed by atoms with Crippen LogP contribution >= 0.6 is 0 Å². The quantitative estimate of drug-likeness (QED) is 0.220. The fourth-order valence-corrected chi connectivity index (χ4v) is 1.18. The molecule has 0 aliphatic rings. The zero-order chi connectivity index (χ0) is 23.4. The molecule has 0 spiro atoms. The van der Waals surface area contributed by atoms with Crippen LogP contribution in [0.2, 0.25) is 0 Å². The van der Waals surface area contributed by atoms with Crippen LogP contribution in [0.25, 0.3) is 0 Å². The van der Waals surface area contributed by atoms with Crippen molar-refractivity contribution >= 4 is 23.1 Å². The van der Waals surface area contributed by atoms with E-state index in [9.17, 15) is 19.2 Å². The minimum atomic E-state index is -0.125. The summed E-state index contributed by atoms with van der Waals surface area (Å²) in [6.45, 7) is 11.4. The summed E-state index contributed by atoms with van der Waals surface area (Å²) in [5.41, 5.74) is 0. The minimum absolute atomic E-state index is 0. The van der Waals surface area contributed by atoms with E-state index >= 15 is 0 Å². The molecule has 30 heavy (non-hydrogen) atoms. The summed E-state index contributed by atoms with van der Waals surface area (Å²) in [7, 11) is 0. The molecule has 0 amide bonds. The molecule has 0 aliphatic heterocycles. The van der Waals surface area contributed by atoms with Crippen molar-refractivity contribution in [1.29, 1.82) is 0 Å². The van der Waals surface area contributed by atoms with Gasteiger partial charge in [-0.2, -0.15) is 0 Å². The van der Waals surface area contributed by atoms with E-state index in [-0.39, 0.29) is 112 Å². The van der Waals surface area contributed by atoms with Crippen LogP contribution < -0.4 is 18.9 Å². The Morgan fingerprint density at radius 2 is 0.533 bits per heavy atom. The number of carbonyl (C=O) groups excluding carboxylic acids is 4. The van der Waals surface area contributed by atoms with Gasteiger partial charge in [-0.25, -0.2) is 0 Å². The summed E-state index contributed by atoms with van der Waals surface area (Å²) in [6, 6.07) is 0. The number of ketones is 4. The van der Waals surface area contributed by atoms with Gasteiger partial charge in [0.1, 0.15) is 0 Å². The summed E-state index contributed by atoms with van der Waals surface area (Å²) in [5.74, 6) is -0.250. The maximum atomic E-state index is 10.0. The molecule has 174 valence electrons. The smallest absolute Gasteiger partial charge is 0.512 e. The summed E-state index contributed by atoms with van der Waals surface area (Å²) in [5, 5.41) is 33.5. The molecule has 0 fully saturated rings. The van der Waals surface area contributed by atoms with Crippen molar-refractivity contribution < 1.29 is 105 Å². The normalized spacial score (nSPS) is 10.7. The van der Waals surface area contributed by atoms with E-state index in [0.717, 1.165) is 0 Å². The van der Waals surface area contributed by atoms with Crippen molar-refractivity contribution in [2.24, 2.45) is 0 Å². The number of hydrogen-bond acceptors (Lipinski definition) is 8. The molecule has 0 aliphatic carbocycles. The van der Waals surface area contributed by atoms with Crippen LogP contribution in [0.4, 0.5) is 0 Å². The van der Waals surface area contributed by atoms with E-state index in [1.165, 1.54) is 79.7 Å². The van der Waals surface area contributed by atoms with Gasteiger partial charge in [-0.3, -0.25) is 19.2 Å². The number of allylic oxidation sites excluding steroid dienone is 8. The Balaban J connectivity index is -0.0000000626. The summed E-state index contributed by atoms with van der Waals surface area (Å²) in [4.78, 5) is 40.1. The van der Waals surface area contributed by atoms with Gasteiger partial charge < -0.3 is 20.4 Å². The first-order valence-corrected chi connectivity index (χ1v) is 8.02. The Morgan fingerprint density at radius 1 is 0.433 bits per heavy atom. The van der Waals surface area contributed by atoms with Crippen LogP contribution in [0.3, 0.4) is 0 Å². The first kappa shape index (κ1) is 42.9. The van der Waals surface area contributed by atoms with E-state index < -0.39 is 0 Å². The third-order valence-electron chi connectivity index (χ3n) is 1.65. The van der Waals surface area contributed by atoms with Gasteiger partial charge in [-0.05, 0) is 55.4 Å². The molecule has 0 atom stereocenters. The zero-order valence-corrected chi connectivity index (χ0v) is 20.7. The van der Waals surface area contributed by atoms with Crippen molar-refractivity contribution in [3.05, 3.63) is 47.3 Å². The number of carbonyl (C=O) groups is 4. The fraction of sp³-hybridized carbons (Fsp3) is 0.400. The molecular weight excluding hydrogens is 548 g/mol. The Bertz CT molecular complexity index is 519. The Hall–Kier alpha value is -1.04. The predicted molar refractivity (Wildman–Crippen MR) is 108 cm³/mol. The van der Waals surface area contributed by atoms with Gasteiger partial charge in [-0.15, -0.1) is 0 Å². The average molecular weight is 580 g/mol. The van der Waals surface area contributed by atoms with Crippen molar-refractivity contribution in [3.63, 3.8) is 0 Å².